The highest BCUT2D eigenvalue weighted by molar-refractivity contribution is 5.33. The lowest BCUT2D eigenvalue weighted by atomic mass is 9.90. The van der Waals surface area contributed by atoms with Crippen molar-refractivity contribution < 1.29 is 0 Å². The van der Waals surface area contributed by atoms with Crippen molar-refractivity contribution in [3.8, 4) is 0 Å². The first-order valence-corrected chi connectivity index (χ1v) is 9.02. The first-order chi connectivity index (χ1) is 10.4. The number of nitrogens with zero attached hydrogens (tertiary/aromatic N) is 2. The van der Waals surface area contributed by atoms with Crippen LogP contribution in [0.5, 0.6) is 0 Å². The van der Waals surface area contributed by atoms with E-state index >= 15 is 0 Å². The minimum absolute atomic E-state index is 0.628. The standard InChI is InChI=1S/C18H27N3/c1-2-4-6-14(7-5-3-1)18-20-16-10-11-19-12-15(16)17(21-18)13-8-9-13/h13-14,19H,1-12H2. The summed E-state index contributed by atoms with van der Waals surface area (Å²) in [6, 6.07) is 0. The second-order valence-electron chi connectivity index (χ2n) is 7.14. The largest absolute Gasteiger partial charge is 0.312 e. The van der Waals surface area contributed by atoms with Gasteiger partial charge in [-0.15, -0.1) is 0 Å². The maximum Gasteiger partial charge on any atom is 0.131 e. The van der Waals surface area contributed by atoms with E-state index in [0.717, 1.165) is 25.4 Å². The van der Waals surface area contributed by atoms with Crippen LogP contribution in [-0.2, 0) is 13.0 Å². The van der Waals surface area contributed by atoms with E-state index in [0.29, 0.717) is 5.92 Å². The van der Waals surface area contributed by atoms with Gasteiger partial charge in [-0.25, -0.2) is 9.97 Å². The molecule has 1 N–H and O–H groups in total. The van der Waals surface area contributed by atoms with Crippen molar-refractivity contribution in [3.63, 3.8) is 0 Å². The fraction of sp³-hybridized carbons (Fsp3) is 0.778. The predicted octanol–water partition coefficient (Wildman–Crippen LogP) is 3.83. The van der Waals surface area contributed by atoms with Crippen molar-refractivity contribution in [2.24, 2.45) is 0 Å². The van der Waals surface area contributed by atoms with Gasteiger partial charge in [0.2, 0.25) is 0 Å². The minimum atomic E-state index is 0.628. The van der Waals surface area contributed by atoms with Crippen LogP contribution in [0.4, 0.5) is 0 Å². The molecule has 4 rings (SSSR count). The van der Waals surface area contributed by atoms with Gasteiger partial charge in [-0.3, -0.25) is 0 Å². The zero-order valence-electron chi connectivity index (χ0n) is 13.0. The Balaban J connectivity index is 1.65. The summed E-state index contributed by atoms with van der Waals surface area (Å²) in [6.07, 6.45) is 13.4. The van der Waals surface area contributed by atoms with Gasteiger partial charge in [-0.05, 0) is 25.7 Å². The van der Waals surface area contributed by atoms with Gasteiger partial charge in [0.15, 0.2) is 0 Å². The van der Waals surface area contributed by atoms with E-state index in [1.165, 1.54) is 80.6 Å². The highest BCUT2D eigenvalue weighted by atomic mass is 15.0. The molecule has 2 aliphatic carbocycles. The van der Waals surface area contributed by atoms with E-state index in [1.807, 2.05) is 0 Å². The molecule has 3 heteroatoms. The summed E-state index contributed by atoms with van der Waals surface area (Å²) < 4.78 is 0. The number of fused-ring (bicyclic) bond motifs is 1. The number of nitrogens with one attached hydrogen (secondary N) is 1. The molecule has 0 aromatic carbocycles. The number of aromatic nitrogens is 2. The lowest BCUT2D eigenvalue weighted by Crippen LogP contribution is -2.27. The third-order valence-corrected chi connectivity index (χ3v) is 5.42. The van der Waals surface area contributed by atoms with E-state index in [9.17, 15) is 0 Å². The monoisotopic (exact) mass is 285 g/mol. The van der Waals surface area contributed by atoms with Crippen LogP contribution in [0.15, 0.2) is 0 Å². The molecular weight excluding hydrogens is 258 g/mol. The minimum Gasteiger partial charge on any atom is -0.312 e. The summed E-state index contributed by atoms with van der Waals surface area (Å²) in [5, 5.41) is 3.50. The van der Waals surface area contributed by atoms with Crippen LogP contribution in [0.2, 0.25) is 0 Å². The quantitative estimate of drug-likeness (QED) is 0.897. The molecule has 2 heterocycles. The van der Waals surface area contributed by atoms with Crippen LogP contribution >= 0.6 is 0 Å². The van der Waals surface area contributed by atoms with Crippen molar-refractivity contribution in [2.45, 2.75) is 82.6 Å². The van der Waals surface area contributed by atoms with E-state index in [-0.39, 0.29) is 0 Å². The highest BCUT2D eigenvalue weighted by Crippen LogP contribution is 2.42. The summed E-state index contributed by atoms with van der Waals surface area (Å²) in [4.78, 5) is 10.1. The van der Waals surface area contributed by atoms with Gasteiger partial charge >= 0.3 is 0 Å². The van der Waals surface area contributed by atoms with Gasteiger partial charge in [0, 0.05) is 36.9 Å². The Hall–Kier alpha value is -0.960. The maximum absolute atomic E-state index is 5.09. The predicted molar refractivity (Wildman–Crippen MR) is 84.5 cm³/mol. The Kier molecular flexibility index (Phi) is 3.93. The molecule has 0 spiro atoms. The van der Waals surface area contributed by atoms with Gasteiger partial charge in [-0.2, -0.15) is 0 Å². The van der Waals surface area contributed by atoms with Crippen molar-refractivity contribution in [1.29, 1.82) is 0 Å². The van der Waals surface area contributed by atoms with Crippen molar-refractivity contribution in [1.82, 2.24) is 15.3 Å². The van der Waals surface area contributed by atoms with E-state index < -0.39 is 0 Å². The van der Waals surface area contributed by atoms with Crippen LogP contribution in [0.25, 0.3) is 0 Å². The molecular formula is C18H27N3. The first kappa shape index (κ1) is 13.7. The molecule has 2 saturated carbocycles. The maximum atomic E-state index is 5.09. The van der Waals surface area contributed by atoms with Gasteiger partial charge in [0.25, 0.3) is 0 Å². The summed E-state index contributed by atoms with van der Waals surface area (Å²) >= 11 is 0. The van der Waals surface area contributed by atoms with Gasteiger partial charge in [0.1, 0.15) is 5.82 Å². The highest BCUT2D eigenvalue weighted by Gasteiger charge is 2.31. The Morgan fingerprint density at radius 1 is 0.810 bits per heavy atom. The third kappa shape index (κ3) is 2.98. The summed E-state index contributed by atoms with van der Waals surface area (Å²) in [7, 11) is 0. The summed E-state index contributed by atoms with van der Waals surface area (Å²) in [5.74, 6) is 2.57. The van der Waals surface area contributed by atoms with Gasteiger partial charge in [-0.1, -0.05) is 32.1 Å². The molecule has 0 radical (unpaired) electrons. The smallest absolute Gasteiger partial charge is 0.131 e. The zero-order chi connectivity index (χ0) is 14.1. The summed E-state index contributed by atoms with van der Waals surface area (Å²) in [5.41, 5.74) is 4.21. The first-order valence-electron chi connectivity index (χ1n) is 9.02. The molecule has 3 aliphatic rings. The molecule has 0 amide bonds. The van der Waals surface area contributed by atoms with Crippen LogP contribution < -0.4 is 5.32 Å². The number of rotatable bonds is 2. The Labute approximate surface area is 128 Å². The fourth-order valence-corrected chi connectivity index (χ4v) is 3.98. The van der Waals surface area contributed by atoms with Gasteiger partial charge in [0.05, 0.1) is 11.4 Å². The molecule has 1 aromatic rings. The molecule has 114 valence electrons. The van der Waals surface area contributed by atoms with Crippen LogP contribution in [0.1, 0.15) is 92.4 Å². The number of hydrogen-bond acceptors (Lipinski definition) is 3. The van der Waals surface area contributed by atoms with E-state index in [1.54, 1.807) is 0 Å². The lowest BCUT2D eigenvalue weighted by Gasteiger charge is -2.24. The Morgan fingerprint density at radius 2 is 1.57 bits per heavy atom. The zero-order valence-corrected chi connectivity index (χ0v) is 13.0. The van der Waals surface area contributed by atoms with Crippen molar-refractivity contribution >= 4 is 0 Å². The number of hydrogen-bond donors (Lipinski definition) is 1. The average molecular weight is 285 g/mol. The van der Waals surface area contributed by atoms with Crippen molar-refractivity contribution in [3.05, 3.63) is 22.8 Å². The fourth-order valence-electron chi connectivity index (χ4n) is 3.98. The van der Waals surface area contributed by atoms with Crippen LogP contribution in [0, 0.1) is 0 Å². The van der Waals surface area contributed by atoms with E-state index in [4.69, 9.17) is 9.97 Å². The molecule has 2 fully saturated rings. The van der Waals surface area contributed by atoms with E-state index in [2.05, 4.69) is 5.32 Å². The molecule has 0 saturated heterocycles. The molecule has 1 aromatic heterocycles. The molecule has 3 nitrogen and oxygen atoms in total. The Morgan fingerprint density at radius 3 is 2.33 bits per heavy atom. The molecule has 0 atom stereocenters. The molecule has 0 unspecified atom stereocenters. The van der Waals surface area contributed by atoms with Crippen molar-refractivity contribution in [2.75, 3.05) is 6.54 Å². The van der Waals surface area contributed by atoms with Crippen LogP contribution in [-0.4, -0.2) is 16.5 Å². The van der Waals surface area contributed by atoms with Gasteiger partial charge < -0.3 is 5.32 Å². The second-order valence-corrected chi connectivity index (χ2v) is 7.14. The normalized spacial score (nSPS) is 24.2. The summed E-state index contributed by atoms with van der Waals surface area (Å²) in [6.45, 7) is 2.07. The third-order valence-electron chi connectivity index (χ3n) is 5.42. The molecule has 21 heavy (non-hydrogen) atoms. The lowest BCUT2D eigenvalue weighted by molar-refractivity contribution is 0.438. The molecule has 1 aliphatic heterocycles. The molecule has 0 bridgehead atoms. The Bertz CT molecular complexity index is 499. The second kappa shape index (κ2) is 6.04. The van der Waals surface area contributed by atoms with Crippen LogP contribution in [0.3, 0.4) is 0 Å². The average Bonchev–Trinajstić information content (AvgIpc) is 3.30. The topological polar surface area (TPSA) is 37.8 Å². The SMILES string of the molecule is C1CCCC(c2nc3c(c(C4CC4)n2)CNCC3)CCC1.